The van der Waals surface area contributed by atoms with Crippen LogP contribution in [0.1, 0.15) is 57.9 Å². The zero-order chi connectivity index (χ0) is 23.9. The maximum absolute atomic E-state index is 14.0. The summed E-state index contributed by atoms with van der Waals surface area (Å²) in [6.45, 7) is 6.42. The highest BCUT2D eigenvalue weighted by atomic mass is 16.5. The Morgan fingerprint density at radius 1 is 1.14 bits per heavy atom. The summed E-state index contributed by atoms with van der Waals surface area (Å²) in [6, 6.07) is 10.9. The number of carbonyl (C=O) groups is 1. The number of amides is 1. The van der Waals surface area contributed by atoms with Crippen molar-refractivity contribution < 1.29 is 14.3 Å². The smallest absolute Gasteiger partial charge is 0.230 e. The van der Waals surface area contributed by atoms with Gasteiger partial charge in [0.25, 0.3) is 0 Å². The average Bonchev–Trinajstić information content (AvgIpc) is 3.05. The van der Waals surface area contributed by atoms with Crippen LogP contribution < -0.4 is 15.1 Å². The number of piperidine rings is 1. The van der Waals surface area contributed by atoms with Crippen molar-refractivity contribution in [2.24, 2.45) is 5.92 Å². The standard InChI is InChI=1S/C28H36N4O3/c1-18(2)35-23-9-5-19(6-10-23)28(33)32-15-20-4-3-13-29-27(20)30-25-12-8-21(14-26(25)32)31-16-24-11-7-22(31)17-34-24/h3-4,8,12-14,18-19,22-24H,5-7,9-11,15-17H2,1-2H3,(H,29,30)/t19?,22-,23?,24-/m1/s1. The molecule has 0 unspecified atom stereocenters. The topological polar surface area (TPSA) is 66.9 Å². The third-order valence-corrected chi connectivity index (χ3v) is 8.02. The molecule has 35 heavy (non-hydrogen) atoms. The van der Waals surface area contributed by atoms with Gasteiger partial charge in [-0.25, -0.2) is 4.98 Å². The molecule has 2 atom stereocenters. The number of pyridine rings is 1. The van der Waals surface area contributed by atoms with Crippen LogP contribution >= 0.6 is 0 Å². The molecule has 1 aliphatic carbocycles. The van der Waals surface area contributed by atoms with Gasteiger partial charge in [0.2, 0.25) is 5.91 Å². The Kier molecular flexibility index (Phi) is 6.14. The molecule has 2 bridgehead atoms. The number of ether oxygens (including phenoxy) is 2. The molecule has 2 aromatic rings. The van der Waals surface area contributed by atoms with E-state index in [4.69, 9.17) is 9.47 Å². The molecule has 1 aromatic carbocycles. The highest BCUT2D eigenvalue weighted by molar-refractivity contribution is 6.00. The molecule has 3 saturated heterocycles. The van der Waals surface area contributed by atoms with Gasteiger partial charge in [-0.3, -0.25) is 4.79 Å². The number of hydrogen-bond acceptors (Lipinski definition) is 6. The first-order chi connectivity index (χ1) is 17.0. The highest BCUT2D eigenvalue weighted by Crippen LogP contribution is 2.41. The summed E-state index contributed by atoms with van der Waals surface area (Å²) in [5, 5.41) is 3.52. The first kappa shape index (κ1) is 22.8. The monoisotopic (exact) mass is 476 g/mol. The summed E-state index contributed by atoms with van der Waals surface area (Å²) in [5.41, 5.74) is 4.11. The fraction of sp³-hybridized carbons (Fsp3) is 0.571. The second kappa shape index (κ2) is 9.43. The Morgan fingerprint density at radius 3 is 2.71 bits per heavy atom. The van der Waals surface area contributed by atoms with Gasteiger partial charge in [-0.15, -0.1) is 0 Å². The van der Waals surface area contributed by atoms with Gasteiger partial charge in [0, 0.05) is 29.9 Å². The van der Waals surface area contributed by atoms with Crippen LogP contribution in [0.2, 0.25) is 0 Å². The maximum Gasteiger partial charge on any atom is 0.230 e. The first-order valence-corrected chi connectivity index (χ1v) is 13.2. The van der Waals surface area contributed by atoms with Gasteiger partial charge in [0.1, 0.15) is 5.82 Å². The van der Waals surface area contributed by atoms with E-state index in [0.717, 1.165) is 68.0 Å². The van der Waals surface area contributed by atoms with Gasteiger partial charge in [-0.05, 0) is 76.6 Å². The third-order valence-electron chi connectivity index (χ3n) is 8.02. The number of benzene rings is 1. The van der Waals surface area contributed by atoms with Gasteiger partial charge in [0.15, 0.2) is 0 Å². The van der Waals surface area contributed by atoms with E-state index >= 15 is 0 Å². The molecule has 0 radical (unpaired) electrons. The fourth-order valence-electron chi connectivity index (χ4n) is 6.20. The molecule has 5 heterocycles. The minimum absolute atomic E-state index is 0.0242. The summed E-state index contributed by atoms with van der Waals surface area (Å²) in [6.07, 6.45) is 8.57. The number of nitrogens with zero attached hydrogens (tertiary/aromatic N) is 3. The van der Waals surface area contributed by atoms with Crippen LogP contribution in [0.25, 0.3) is 0 Å². The van der Waals surface area contributed by atoms with E-state index in [1.807, 2.05) is 11.0 Å². The van der Waals surface area contributed by atoms with Crippen molar-refractivity contribution in [3.05, 3.63) is 42.1 Å². The normalized spacial score (nSPS) is 27.7. The van der Waals surface area contributed by atoms with Crippen LogP contribution in [0.3, 0.4) is 0 Å². The molecule has 1 saturated carbocycles. The Labute approximate surface area is 207 Å². The van der Waals surface area contributed by atoms with Gasteiger partial charge < -0.3 is 24.6 Å². The molecule has 1 N–H and O–H groups in total. The minimum atomic E-state index is 0.0242. The second-order valence-electron chi connectivity index (χ2n) is 10.8. The van der Waals surface area contributed by atoms with Crippen LogP contribution in [-0.4, -0.2) is 48.4 Å². The Bertz CT molecular complexity index is 1070. The van der Waals surface area contributed by atoms with Crippen molar-refractivity contribution >= 4 is 28.8 Å². The predicted octanol–water partition coefficient (Wildman–Crippen LogP) is 5.02. The SMILES string of the molecule is CC(C)OC1CCC(C(=O)N2Cc3cccnc3Nc3ccc(N4C[C@H]5CC[C@@H]4CO5)cc32)CC1. The number of aromatic nitrogens is 1. The molecule has 186 valence electrons. The molecular formula is C28H36N4O3. The molecule has 1 amide bonds. The van der Waals surface area contributed by atoms with Crippen LogP contribution in [0.5, 0.6) is 0 Å². The van der Waals surface area contributed by atoms with Crippen molar-refractivity contribution in [3.8, 4) is 0 Å². The molecule has 1 aromatic heterocycles. The van der Waals surface area contributed by atoms with E-state index in [9.17, 15) is 4.79 Å². The summed E-state index contributed by atoms with van der Waals surface area (Å²) in [4.78, 5) is 23.1. The number of anilines is 4. The second-order valence-corrected chi connectivity index (χ2v) is 10.8. The minimum Gasteiger partial charge on any atom is -0.376 e. The van der Waals surface area contributed by atoms with Crippen LogP contribution in [0.15, 0.2) is 36.5 Å². The molecule has 4 fully saturated rings. The maximum atomic E-state index is 14.0. The number of hydrogen-bond donors (Lipinski definition) is 1. The number of nitrogens with one attached hydrogen (secondary N) is 1. The lowest BCUT2D eigenvalue weighted by molar-refractivity contribution is -0.124. The van der Waals surface area contributed by atoms with Gasteiger partial charge >= 0.3 is 0 Å². The Balaban J connectivity index is 1.30. The average molecular weight is 477 g/mol. The third kappa shape index (κ3) is 4.52. The summed E-state index contributed by atoms with van der Waals surface area (Å²) < 4.78 is 12.0. The van der Waals surface area contributed by atoms with Crippen molar-refractivity contribution in [1.29, 1.82) is 0 Å². The number of fused-ring (bicyclic) bond motifs is 5. The molecule has 5 aliphatic rings. The first-order valence-electron chi connectivity index (χ1n) is 13.2. The van der Waals surface area contributed by atoms with Crippen molar-refractivity contribution in [2.75, 3.05) is 28.3 Å². The molecule has 7 heteroatoms. The molecular weight excluding hydrogens is 440 g/mol. The molecule has 7 nitrogen and oxygen atoms in total. The summed E-state index contributed by atoms with van der Waals surface area (Å²) >= 11 is 0. The lowest BCUT2D eigenvalue weighted by atomic mass is 9.86. The lowest BCUT2D eigenvalue weighted by Gasteiger charge is -2.46. The zero-order valence-electron chi connectivity index (χ0n) is 20.8. The van der Waals surface area contributed by atoms with Crippen molar-refractivity contribution in [2.45, 2.75) is 83.3 Å². The van der Waals surface area contributed by atoms with Crippen molar-refractivity contribution in [3.63, 3.8) is 0 Å². The Hall–Kier alpha value is -2.64. The van der Waals surface area contributed by atoms with E-state index in [-0.39, 0.29) is 24.0 Å². The van der Waals surface area contributed by atoms with E-state index in [2.05, 4.69) is 53.3 Å². The zero-order valence-corrected chi connectivity index (χ0v) is 20.8. The number of rotatable bonds is 4. The van der Waals surface area contributed by atoms with Gasteiger partial charge in [0.05, 0.1) is 48.9 Å². The van der Waals surface area contributed by atoms with Crippen molar-refractivity contribution in [1.82, 2.24) is 4.98 Å². The van der Waals surface area contributed by atoms with E-state index in [1.165, 1.54) is 12.1 Å². The van der Waals surface area contributed by atoms with E-state index < -0.39 is 0 Å². The quantitative estimate of drug-likeness (QED) is 0.668. The van der Waals surface area contributed by atoms with E-state index in [0.29, 0.717) is 18.7 Å². The summed E-state index contributed by atoms with van der Waals surface area (Å²) in [5.74, 6) is 1.07. The molecule has 4 aliphatic heterocycles. The fourth-order valence-corrected chi connectivity index (χ4v) is 6.20. The van der Waals surface area contributed by atoms with Gasteiger partial charge in [-0.1, -0.05) is 6.07 Å². The van der Waals surface area contributed by atoms with E-state index in [1.54, 1.807) is 6.20 Å². The van der Waals surface area contributed by atoms with Crippen LogP contribution in [0.4, 0.5) is 22.9 Å². The van der Waals surface area contributed by atoms with Crippen LogP contribution in [-0.2, 0) is 20.8 Å². The lowest BCUT2D eigenvalue weighted by Crippen LogP contribution is -2.54. The highest BCUT2D eigenvalue weighted by Gasteiger charge is 2.37. The molecule has 0 spiro atoms. The van der Waals surface area contributed by atoms with Gasteiger partial charge in [-0.2, -0.15) is 0 Å². The summed E-state index contributed by atoms with van der Waals surface area (Å²) in [7, 11) is 0. The number of carbonyl (C=O) groups excluding carboxylic acids is 1. The largest absolute Gasteiger partial charge is 0.376 e. The van der Waals surface area contributed by atoms with Crippen LogP contribution in [0, 0.1) is 5.92 Å². The predicted molar refractivity (Wildman–Crippen MR) is 137 cm³/mol. The Morgan fingerprint density at radius 2 is 2.00 bits per heavy atom. The molecule has 7 rings (SSSR count). The number of morpholine rings is 1.